The number of rotatable bonds is 8. The molecule has 9 nitrogen and oxygen atoms in total. The standard InChI is InChI=1S/C28H32ClFN4O5S2/c1-5-17-15-33(41(37,38)22-10-8-7-9-20(22)39-17)14-16-13-21(40-26(16)29)23(28(3,4)27(35)36)18-11-12-19-25(24(18)30)31-32-34(19)6-2/h7-13,17,23,37-38H,5-6,14-15H2,1-4H3,(H,35,36). The smallest absolute Gasteiger partial charge is 0.310 e. The van der Waals surface area contributed by atoms with Gasteiger partial charge in [0.15, 0.2) is 5.82 Å². The van der Waals surface area contributed by atoms with Gasteiger partial charge in [0.2, 0.25) is 0 Å². The van der Waals surface area contributed by atoms with Crippen LogP contribution in [-0.4, -0.2) is 52.1 Å². The molecule has 4 aromatic rings. The zero-order valence-corrected chi connectivity index (χ0v) is 25.4. The number of benzene rings is 2. The van der Waals surface area contributed by atoms with Crippen LogP contribution >= 0.6 is 33.7 Å². The topological polar surface area (TPSA) is 121 Å². The van der Waals surface area contributed by atoms with E-state index in [1.54, 1.807) is 65.3 Å². The van der Waals surface area contributed by atoms with Gasteiger partial charge in [0.1, 0.15) is 22.3 Å². The summed E-state index contributed by atoms with van der Waals surface area (Å²) >= 11 is 7.88. The van der Waals surface area contributed by atoms with Gasteiger partial charge >= 0.3 is 5.97 Å². The van der Waals surface area contributed by atoms with Crippen LogP contribution in [0.5, 0.6) is 5.75 Å². The number of aryl methyl sites for hydroxylation is 1. The third-order valence-electron chi connectivity index (χ3n) is 7.61. The minimum absolute atomic E-state index is 0.0679. The molecule has 0 radical (unpaired) electrons. The monoisotopic (exact) mass is 622 g/mol. The van der Waals surface area contributed by atoms with Crippen molar-refractivity contribution in [2.45, 2.75) is 64.1 Å². The van der Waals surface area contributed by atoms with Crippen molar-refractivity contribution in [3.8, 4) is 5.75 Å². The molecular weight excluding hydrogens is 591 g/mol. The summed E-state index contributed by atoms with van der Waals surface area (Å²) in [6.07, 6.45) is 0.347. The SMILES string of the molecule is CCC1CN(Cc2cc(C(c3ccc4c(nnn4CC)c3F)C(C)(C)C(=O)O)sc2Cl)S(O)(O)c2ccccc2O1. The molecule has 0 saturated heterocycles. The summed E-state index contributed by atoms with van der Waals surface area (Å²) in [5, 5.41) is 18.2. The molecule has 3 heterocycles. The number of carbonyl (C=O) groups is 1. The number of carboxylic acids is 1. The van der Waals surface area contributed by atoms with Crippen molar-refractivity contribution in [3.63, 3.8) is 0 Å². The van der Waals surface area contributed by atoms with Crippen LogP contribution in [0.3, 0.4) is 0 Å². The summed E-state index contributed by atoms with van der Waals surface area (Å²) in [6.45, 7) is 7.74. The number of halogens is 2. The van der Waals surface area contributed by atoms with Gasteiger partial charge < -0.3 is 9.84 Å². The second-order valence-corrected chi connectivity index (χ2v) is 14.3. The van der Waals surface area contributed by atoms with Gasteiger partial charge in [-0.2, -0.15) is 4.31 Å². The average molecular weight is 623 g/mol. The van der Waals surface area contributed by atoms with Gasteiger partial charge in [0.05, 0.1) is 21.8 Å². The highest BCUT2D eigenvalue weighted by atomic mass is 35.5. The molecule has 1 aliphatic heterocycles. The summed E-state index contributed by atoms with van der Waals surface area (Å²) in [6, 6.07) is 11.9. The molecular formula is C28H32ClFN4O5S2. The summed E-state index contributed by atoms with van der Waals surface area (Å²) < 4.78 is 48.3. The quantitative estimate of drug-likeness (QED) is 0.188. The van der Waals surface area contributed by atoms with Crippen molar-refractivity contribution in [2.24, 2.45) is 5.41 Å². The predicted octanol–water partition coefficient (Wildman–Crippen LogP) is 7.25. The van der Waals surface area contributed by atoms with Crippen molar-refractivity contribution < 1.29 is 28.1 Å². The zero-order valence-electron chi connectivity index (χ0n) is 23.0. The Morgan fingerprint density at radius 1 is 1.27 bits per heavy atom. The van der Waals surface area contributed by atoms with Crippen LogP contribution in [0, 0.1) is 11.2 Å². The van der Waals surface area contributed by atoms with Gasteiger partial charge in [0.25, 0.3) is 0 Å². The largest absolute Gasteiger partial charge is 0.487 e. The minimum Gasteiger partial charge on any atom is -0.487 e. The maximum atomic E-state index is 16.0. The third kappa shape index (κ3) is 5.21. The Morgan fingerprint density at radius 3 is 2.68 bits per heavy atom. The van der Waals surface area contributed by atoms with E-state index >= 15 is 4.39 Å². The Hall–Kier alpha value is -2.74. The number of nitrogens with zero attached hydrogens (tertiary/aromatic N) is 4. The molecule has 2 unspecified atom stereocenters. The van der Waals surface area contributed by atoms with Crippen LogP contribution < -0.4 is 4.74 Å². The van der Waals surface area contributed by atoms with E-state index in [-0.39, 0.29) is 30.3 Å². The number of carboxylic acid groups (broad SMARTS) is 1. The van der Waals surface area contributed by atoms with Crippen LogP contribution in [-0.2, 0) is 17.9 Å². The molecule has 0 saturated carbocycles. The van der Waals surface area contributed by atoms with E-state index in [9.17, 15) is 19.0 Å². The molecule has 13 heteroatoms. The number of hydrogen-bond acceptors (Lipinski definition) is 8. The lowest BCUT2D eigenvalue weighted by Crippen LogP contribution is -2.34. The van der Waals surface area contributed by atoms with E-state index < -0.39 is 33.9 Å². The van der Waals surface area contributed by atoms with Crippen molar-refractivity contribution in [2.75, 3.05) is 6.54 Å². The van der Waals surface area contributed by atoms with Crippen molar-refractivity contribution >= 4 is 50.7 Å². The highest BCUT2D eigenvalue weighted by molar-refractivity contribution is 8.22. The van der Waals surface area contributed by atoms with Crippen LogP contribution in [0.1, 0.15) is 56.0 Å². The molecule has 5 rings (SSSR count). The molecule has 2 aromatic carbocycles. The summed E-state index contributed by atoms with van der Waals surface area (Å²) in [7, 11) is -3.43. The van der Waals surface area contributed by atoms with Gasteiger partial charge in [-0.05, 0) is 62.6 Å². The molecule has 0 bridgehead atoms. The normalized spacial score (nSPS) is 18.9. The summed E-state index contributed by atoms with van der Waals surface area (Å²) in [5.41, 5.74) is -0.0895. The Balaban J connectivity index is 1.58. The molecule has 0 fully saturated rings. The predicted molar refractivity (Wildman–Crippen MR) is 158 cm³/mol. The number of ether oxygens (including phenoxy) is 1. The van der Waals surface area contributed by atoms with Gasteiger partial charge in [-0.1, -0.05) is 41.9 Å². The lowest BCUT2D eigenvalue weighted by atomic mass is 9.73. The number of para-hydroxylation sites is 1. The number of aliphatic carboxylic acids is 1. The van der Waals surface area contributed by atoms with Crippen LogP contribution in [0.25, 0.3) is 11.0 Å². The Kier molecular flexibility index (Phi) is 8.09. The van der Waals surface area contributed by atoms with Crippen molar-refractivity contribution in [3.05, 3.63) is 68.6 Å². The Bertz CT molecular complexity index is 1610. The molecule has 2 atom stereocenters. The van der Waals surface area contributed by atoms with E-state index in [0.717, 1.165) is 11.3 Å². The first-order chi connectivity index (χ1) is 19.4. The van der Waals surface area contributed by atoms with Gasteiger partial charge in [-0.25, -0.2) is 9.07 Å². The summed E-state index contributed by atoms with van der Waals surface area (Å²) in [5.74, 6) is -2.22. The second-order valence-electron chi connectivity index (χ2n) is 10.6. The Morgan fingerprint density at radius 2 is 2.00 bits per heavy atom. The van der Waals surface area contributed by atoms with Gasteiger partial charge in [-0.3, -0.25) is 13.9 Å². The number of aromatic nitrogens is 3. The van der Waals surface area contributed by atoms with E-state index in [2.05, 4.69) is 10.3 Å². The average Bonchev–Trinajstić information content (AvgIpc) is 3.49. The molecule has 0 amide bonds. The highest BCUT2D eigenvalue weighted by Gasteiger charge is 2.42. The van der Waals surface area contributed by atoms with Gasteiger partial charge in [0, 0.05) is 23.9 Å². The fourth-order valence-electron chi connectivity index (χ4n) is 5.19. The minimum atomic E-state index is -3.43. The molecule has 2 aromatic heterocycles. The van der Waals surface area contributed by atoms with Gasteiger partial charge in [-0.15, -0.1) is 27.2 Å². The number of fused-ring (bicyclic) bond motifs is 2. The van der Waals surface area contributed by atoms with E-state index in [1.165, 1.54) is 0 Å². The number of hydrogen-bond donors (Lipinski definition) is 3. The third-order valence-corrected chi connectivity index (χ3v) is 11.0. The lowest BCUT2D eigenvalue weighted by Gasteiger charge is -2.41. The van der Waals surface area contributed by atoms with E-state index in [1.807, 2.05) is 13.8 Å². The van der Waals surface area contributed by atoms with E-state index in [0.29, 0.717) is 43.9 Å². The van der Waals surface area contributed by atoms with Crippen molar-refractivity contribution in [1.82, 2.24) is 19.3 Å². The first-order valence-corrected chi connectivity index (χ1v) is 15.9. The molecule has 3 N–H and O–H groups in total. The maximum absolute atomic E-state index is 16.0. The first kappa shape index (κ1) is 29.7. The fourth-order valence-corrected chi connectivity index (χ4v) is 8.40. The lowest BCUT2D eigenvalue weighted by molar-refractivity contribution is -0.147. The second kappa shape index (κ2) is 11.2. The Labute approximate surface area is 248 Å². The molecule has 0 aliphatic carbocycles. The molecule has 41 heavy (non-hydrogen) atoms. The first-order valence-electron chi connectivity index (χ1n) is 13.2. The molecule has 1 aliphatic rings. The summed E-state index contributed by atoms with van der Waals surface area (Å²) in [4.78, 5) is 13.3. The van der Waals surface area contributed by atoms with Crippen LogP contribution in [0.4, 0.5) is 4.39 Å². The van der Waals surface area contributed by atoms with E-state index in [4.69, 9.17) is 16.3 Å². The maximum Gasteiger partial charge on any atom is 0.310 e. The number of thiophene rings is 1. The van der Waals surface area contributed by atoms with Crippen LogP contribution in [0.15, 0.2) is 47.4 Å². The molecule has 220 valence electrons. The zero-order chi connectivity index (χ0) is 29.7. The highest BCUT2D eigenvalue weighted by Crippen LogP contribution is 2.58. The van der Waals surface area contributed by atoms with Crippen molar-refractivity contribution in [1.29, 1.82) is 0 Å². The fraction of sp³-hybridized carbons (Fsp3) is 0.393. The molecule has 0 spiro atoms. The van der Waals surface area contributed by atoms with Crippen LogP contribution in [0.2, 0.25) is 4.34 Å².